The summed E-state index contributed by atoms with van der Waals surface area (Å²) in [5.41, 5.74) is -2.78. The number of aliphatic hydroxyl groups is 1. The van der Waals surface area contributed by atoms with Gasteiger partial charge in [-0.3, -0.25) is 14.3 Å². The third-order valence-corrected chi connectivity index (χ3v) is 10.8. The van der Waals surface area contributed by atoms with Crippen molar-refractivity contribution in [3.8, 4) is 0 Å². The van der Waals surface area contributed by atoms with E-state index in [1.807, 2.05) is 0 Å². The van der Waals surface area contributed by atoms with Crippen molar-refractivity contribution < 1.29 is 18.7 Å². The molecular formula is C19H30N2O6Si. The van der Waals surface area contributed by atoms with E-state index in [-0.39, 0.29) is 16.7 Å². The second kappa shape index (κ2) is 6.50. The van der Waals surface area contributed by atoms with E-state index in [0.29, 0.717) is 0 Å². The summed E-state index contributed by atoms with van der Waals surface area (Å²) in [7, 11) is -2.83. The topological polar surface area (TPSA) is 103 Å². The van der Waals surface area contributed by atoms with Gasteiger partial charge in [0.05, 0.1) is 6.61 Å². The zero-order valence-corrected chi connectivity index (χ0v) is 18.3. The maximum atomic E-state index is 12.4. The van der Waals surface area contributed by atoms with Crippen molar-refractivity contribution in [3.05, 3.63) is 45.8 Å². The minimum absolute atomic E-state index is 0.246. The lowest BCUT2D eigenvalue weighted by Gasteiger charge is -2.53. The summed E-state index contributed by atoms with van der Waals surface area (Å²) in [6.07, 6.45) is 0.214. The Bertz CT molecular complexity index is 866. The van der Waals surface area contributed by atoms with E-state index in [2.05, 4.69) is 53.1 Å². The van der Waals surface area contributed by atoms with Crippen molar-refractivity contribution in [2.45, 2.75) is 75.7 Å². The number of aromatic amines is 1. The molecule has 2 saturated heterocycles. The van der Waals surface area contributed by atoms with Gasteiger partial charge in [0.25, 0.3) is 5.56 Å². The average Bonchev–Trinajstić information content (AvgIpc) is 2.85. The molecule has 1 aromatic heterocycles. The molecule has 4 atom stereocenters. The molecule has 3 heterocycles. The van der Waals surface area contributed by atoms with Gasteiger partial charge in [-0.15, -0.1) is 0 Å². The highest BCUT2D eigenvalue weighted by Crippen LogP contribution is 2.56. The van der Waals surface area contributed by atoms with Crippen molar-refractivity contribution >= 4 is 8.56 Å². The van der Waals surface area contributed by atoms with Crippen molar-refractivity contribution in [2.75, 3.05) is 6.61 Å². The van der Waals surface area contributed by atoms with Crippen LogP contribution in [0.15, 0.2) is 34.5 Å². The molecule has 8 nitrogen and oxygen atoms in total. The van der Waals surface area contributed by atoms with E-state index in [4.69, 9.17) is 13.6 Å². The van der Waals surface area contributed by atoms with Crippen LogP contribution >= 0.6 is 0 Å². The highest BCUT2D eigenvalue weighted by molar-refractivity contribution is 6.73. The summed E-state index contributed by atoms with van der Waals surface area (Å²) >= 11 is 0. The Balaban J connectivity index is 2.07. The predicted molar refractivity (Wildman–Crippen MR) is 106 cm³/mol. The zero-order chi connectivity index (χ0) is 21.1. The van der Waals surface area contributed by atoms with Crippen molar-refractivity contribution in [2.24, 2.45) is 0 Å². The molecule has 0 spiro atoms. The first kappa shape index (κ1) is 21.2. The van der Waals surface area contributed by atoms with E-state index in [0.717, 1.165) is 4.57 Å². The van der Waals surface area contributed by atoms with Crippen LogP contribution in [0.1, 0.15) is 41.5 Å². The number of aliphatic hydroxyl groups excluding tert-OH is 1. The molecule has 0 saturated carbocycles. The summed E-state index contributed by atoms with van der Waals surface area (Å²) in [5.74, 6) is 0. The van der Waals surface area contributed by atoms with Crippen LogP contribution in [0.5, 0.6) is 0 Å². The molecule has 2 aliphatic heterocycles. The smallest absolute Gasteiger partial charge is 0.349 e. The molecule has 2 fully saturated rings. The van der Waals surface area contributed by atoms with Crippen LogP contribution in [-0.4, -0.2) is 48.1 Å². The number of ether oxygens (including phenoxy) is 1. The van der Waals surface area contributed by atoms with Crippen LogP contribution in [0.25, 0.3) is 0 Å². The Morgan fingerprint density at radius 3 is 2.39 bits per heavy atom. The highest BCUT2D eigenvalue weighted by atomic mass is 28.4. The minimum Gasteiger partial charge on any atom is -0.391 e. The summed E-state index contributed by atoms with van der Waals surface area (Å²) in [5, 5.41) is 10.7. The quantitative estimate of drug-likeness (QED) is 0.567. The highest BCUT2D eigenvalue weighted by Gasteiger charge is 2.67. The van der Waals surface area contributed by atoms with Gasteiger partial charge in [0.1, 0.15) is 18.3 Å². The molecule has 1 aromatic rings. The molecule has 2 N–H and O–H groups in total. The van der Waals surface area contributed by atoms with Crippen molar-refractivity contribution in [1.82, 2.24) is 9.55 Å². The first-order valence-corrected chi connectivity index (χ1v) is 11.2. The number of nitrogens with zero attached hydrogens (tertiary/aromatic N) is 1. The van der Waals surface area contributed by atoms with Crippen molar-refractivity contribution in [1.29, 1.82) is 0 Å². The molecule has 0 unspecified atom stereocenters. The number of hydrogen-bond donors (Lipinski definition) is 2. The first-order valence-electron chi connectivity index (χ1n) is 9.43. The molecule has 0 aliphatic carbocycles. The Kier molecular flexibility index (Phi) is 4.92. The van der Waals surface area contributed by atoms with Crippen molar-refractivity contribution in [3.63, 3.8) is 0 Å². The lowest BCUT2D eigenvalue weighted by molar-refractivity contribution is -0.118. The second-order valence-electron chi connectivity index (χ2n) is 9.55. The fraction of sp³-hybridized carbons (Fsp3) is 0.684. The molecule has 0 amide bonds. The SMILES string of the molecule is C=C[C@@]1(n2ccc(=O)[nH]c2=O)O[C@@H]2CO[Si](C(C)(C)C)(C(C)(C)C)O[C@H]2[C@H]1O. The largest absolute Gasteiger partial charge is 0.391 e. The molecule has 9 heteroatoms. The normalized spacial score (nSPS) is 32.8. The van der Waals surface area contributed by atoms with Gasteiger partial charge in [0.2, 0.25) is 0 Å². The van der Waals surface area contributed by atoms with Crippen LogP contribution in [-0.2, 0) is 19.3 Å². The molecular weight excluding hydrogens is 380 g/mol. The van der Waals surface area contributed by atoms with Crippen LogP contribution in [0, 0.1) is 0 Å². The van der Waals surface area contributed by atoms with Gasteiger partial charge >= 0.3 is 14.3 Å². The van der Waals surface area contributed by atoms with E-state index in [9.17, 15) is 14.7 Å². The van der Waals surface area contributed by atoms with Crippen LogP contribution in [0.2, 0.25) is 10.1 Å². The number of aromatic nitrogens is 2. The molecule has 156 valence electrons. The van der Waals surface area contributed by atoms with Crippen LogP contribution in [0.3, 0.4) is 0 Å². The summed E-state index contributed by atoms with van der Waals surface area (Å²) in [4.78, 5) is 26.0. The first-order chi connectivity index (χ1) is 12.8. The van der Waals surface area contributed by atoms with Gasteiger partial charge in [-0.05, 0) is 6.08 Å². The van der Waals surface area contributed by atoms with Gasteiger partial charge < -0.3 is 18.7 Å². The maximum absolute atomic E-state index is 12.4. The number of nitrogens with one attached hydrogen (secondary N) is 1. The van der Waals surface area contributed by atoms with Gasteiger partial charge in [-0.1, -0.05) is 48.1 Å². The molecule has 0 aromatic carbocycles. The van der Waals surface area contributed by atoms with E-state index < -0.39 is 43.8 Å². The lowest BCUT2D eigenvalue weighted by Crippen LogP contribution is -2.65. The Hall–Kier alpha value is -1.52. The van der Waals surface area contributed by atoms with E-state index in [1.54, 1.807) is 0 Å². The minimum atomic E-state index is -2.83. The summed E-state index contributed by atoms with van der Waals surface area (Å²) in [6.45, 7) is 16.5. The number of rotatable bonds is 2. The number of fused-ring (bicyclic) bond motifs is 1. The molecule has 3 rings (SSSR count). The summed E-state index contributed by atoms with van der Waals surface area (Å²) < 4.78 is 20.2. The summed E-state index contributed by atoms with van der Waals surface area (Å²) in [6, 6.07) is 1.20. The predicted octanol–water partition coefficient (Wildman–Crippen LogP) is 1.59. The van der Waals surface area contributed by atoms with Crippen LogP contribution in [0.4, 0.5) is 0 Å². The van der Waals surface area contributed by atoms with Gasteiger partial charge in [-0.25, -0.2) is 4.79 Å². The molecule has 2 aliphatic rings. The van der Waals surface area contributed by atoms with Crippen LogP contribution < -0.4 is 11.2 Å². The zero-order valence-electron chi connectivity index (χ0n) is 17.3. The number of hydrogen-bond acceptors (Lipinski definition) is 6. The Morgan fingerprint density at radius 2 is 1.89 bits per heavy atom. The average molecular weight is 411 g/mol. The third kappa shape index (κ3) is 2.88. The molecule has 28 heavy (non-hydrogen) atoms. The fourth-order valence-electron chi connectivity index (χ4n) is 4.58. The van der Waals surface area contributed by atoms with Gasteiger partial charge in [-0.2, -0.15) is 0 Å². The Morgan fingerprint density at radius 1 is 1.29 bits per heavy atom. The molecule has 0 radical (unpaired) electrons. The van der Waals surface area contributed by atoms with E-state index >= 15 is 0 Å². The third-order valence-electron chi connectivity index (χ3n) is 5.66. The van der Waals surface area contributed by atoms with Gasteiger partial charge in [0, 0.05) is 22.3 Å². The van der Waals surface area contributed by atoms with Gasteiger partial charge in [0.15, 0.2) is 5.72 Å². The lowest BCUT2D eigenvalue weighted by atomic mass is 10.0. The molecule has 0 bridgehead atoms. The second-order valence-corrected chi connectivity index (χ2v) is 14.3. The standard InChI is InChI=1S/C19H30N2O6Si/c1-8-19(21-10-9-13(22)20-16(21)24)15(23)14-12(26-19)11-25-28(27-14,17(2,3)4)18(5,6)7/h8-10,12,14-15,23H,1,11H2,2-7H3,(H,20,22,24)/t12-,14-,15-,19-/m1/s1. The fourth-order valence-corrected chi connectivity index (χ4v) is 9.54. The van der Waals surface area contributed by atoms with E-state index in [1.165, 1.54) is 18.3 Å². The Labute approximate surface area is 165 Å². The monoisotopic (exact) mass is 410 g/mol. The maximum Gasteiger partial charge on any atom is 0.349 e. The number of H-pyrrole nitrogens is 1.